The summed E-state index contributed by atoms with van der Waals surface area (Å²) in [5.41, 5.74) is 26.6. The molecule has 0 N–H and O–H groups in total. The molecule has 3 rings (SSSR count). The first-order valence-electron chi connectivity index (χ1n) is 19.7. The van der Waals surface area contributed by atoms with Gasteiger partial charge in [-0.2, -0.15) is 0 Å². The molecule has 0 radical (unpaired) electrons. The van der Waals surface area contributed by atoms with Crippen LogP contribution in [0.3, 0.4) is 0 Å². The monoisotopic (exact) mass is 625 g/mol. The molecule has 0 spiro atoms. The smallest absolute Gasteiger partial charge is 0.210 e. The molecule has 0 saturated carbocycles. The van der Waals surface area contributed by atoms with Gasteiger partial charge in [-0.1, -0.05) is 119 Å². The van der Waals surface area contributed by atoms with Crippen molar-refractivity contribution in [2.45, 2.75) is 183 Å². The number of nitrogens with zero attached hydrogens (tertiary/aromatic N) is 2. The fraction of sp³-hybridized carbons (Fsp3) is 0.636. The van der Waals surface area contributed by atoms with Gasteiger partial charge in [0.2, 0.25) is 11.4 Å². The second-order valence-electron chi connectivity index (χ2n) is 13.8. The van der Waals surface area contributed by atoms with E-state index in [0.29, 0.717) is 0 Å². The van der Waals surface area contributed by atoms with Crippen LogP contribution in [-0.2, 0) is 38.5 Å². The molecule has 2 aromatic rings. The molecule has 2 nitrogen and oxygen atoms in total. The molecule has 0 fully saturated rings. The van der Waals surface area contributed by atoms with Gasteiger partial charge in [-0.25, -0.2) is 4.70 Å². The average molecular weight is 625 g/mol. The molecule has 0 aliphatic carbocycles. The molecule has 46 heavy (non-hydrogen) atoms. The number of allylic oxidation sites excluding steroid dienone is 2. The molecule has 0 saturated heterocycles. The Morgan fingerprint density at radius 2 is 0.848 bits per heavy atom. The van der Waals surface area contributed by atoms with Gasteiger partial charge >= 0.3 is 0 Å². The average Bonchev–Trinajstić information content (AvgIpc) is 3.41. The highest BCUT2D eigenvalue weighted by molar-refractivity contribution is 5.79. The van der Waals surface area contributed by atoms with Gasteiger partial charge in [0.05, 0.1) is 0 Å². The highest BCUT2D eigenvalue weighted by atomic mass is 15.2. The maximum atomic E-state index is 12.0. The first kappa shape index (κ1) is 38.0. The van der Waals surface area contributed by atoms with Gasteiger partial charge in [0.1, 0.15) is 0 Å². The third kappa shape index (κ3) is 10.3. The quantitative estimate of drug-likeness (QED) is 0.0868. The highest BCUT2D eigenvalue weighted by Gasteiger charge is 2.30. The molecule has 0 atom stereocenters. The lowest BCUT2D eigenvalue weighted by atomic mass is 9.89. The first-order valence-corrected chi connectivity index (χ1v) is 19.7. The molecule has 0 bridgehead atoms. The summed E-state index contributed by atoms with van der Waals surface area (Å²) >= 11 is 0. The van der Waals surface area contributed by atoms with E-state index in [1.54, 1.807) is 15.8 Å². The van der Waals surface area contributed by atoms with E-state index < -0.39 is 0 Å². The number of hydrogen-bond donors (Lipinski definition) is 0. The molecule has 0 aromatic heterocycles. The first-order chi connectivity index (χ1) is 22.5. The zero-order chi connectivity index (χ0) is 33.3. The second kappa shape index (κ2) is 20.7. The summed E-state index contributed by atoms with van der Waals surface area (Å²) in [5.74, 6) is 0. The van der Waals surface area contributed by atoms with Crippen LogP contribution in [0.4, 0.5) is 0 Å². The molecule has 1 heterocycles. The van der Waals surface area contributed by atoms with Crippen molar-refractivity contribution in [1.29, 1.82) is 0 Å². The summed E-state index contributed by atoms with van der Waals surface area (Å²) in [6.45, 7) is 16.0. The lowest BCUT2D eigenvalue weighted by Gasteiger charge is -2.18. The lowest BCUT2D eigenvalue weighted by Crippen LogP contribution is -2.08. The van der Waals surface area contributed by atoms with Crippen molar-refractivity contribution in [1.82, 2.24) is 0 Å². The van der Waals surface area contributed by atoms with Crippen LogP contribution in [0.2, 0.25) is 0 Å². The van der Waals surface area contributed by atoms with Crippen molar-refractivity contribution in [3.63, 3.8) is 0 Å². The van der Waals surface area contributed by atoms with E-state index in [-0.39, 0.29) is 0 Å². The molecular weight excluding hydrogens is 556 g/mol. The van der Waals surface area contributed by atoms with Gasteiger partial charge in [0, 0.05) is 22.8 Å². The molecule has 2 heteroatoms. The van der Waals surface area contributed by atoms with E-state index in [4.69, 9.17) is 0 Å². The Hall–Kier alpha value is -2.48. The normalized spacial score (nSPS) is 13.3. The van der Waals surface area contributed by atoms with Gasteiger partial charge in [0.15, 0.2) is 0 Å². The van der Waals surface area contributed by atoms with Crippen LogP contribution in [-0.4, -0.2) is 4.70 Å². The Morgan fingerprint density at radius 3 is 1.26 bits per heavy atom. The lowest BCUT2D eigenvalue weighted by molar-refractivity contribution is -0.344. The van der Waals surface area contributed by atoms with E-state index in [0.717, 1.165) is 61.9 Å². The Labute approximate surface area is 284 Å². The molecule has 0 amide bonds. The third-order valence-corrected chi connectivity index (χ3v) is 10.4. The topological polar surface area (TPSA) is 25.3 Å². The van der Waals surface area contributed by atoms with Crippen molar-refractivity contribution in [2.75, 3.05) is 0 Å². The number of rotatable bonds is 23. The zero-order valence-corrected chi connectivity index (χ0v) is 31.1. The van der Waals surface area contributed by atoms with Crippen molar-refractivity contribution in [2.24, 2.45) is 0 Å². The molecular formula is C44H68N2. The number of hydrogen-bond acceptors (Lipinski definition) is 0. The van der Waals surface area contributed by atoms with Gasteiger partial charge in [-0.3, -0.25) is 0 Å². The maximum absolute atomic E-state index is 12.0. The highest BCUT2D eigenvalue weighted by Crippen LogP contribution is 2.40. The van der Waals surface area contributed by atoms with Crippen LogP contribution in [0, 0.1) is 0 Å². The van der Waals surface area contributed by atoms with Crippen LogP contribution < -0.4 is 0 Å². The SMILES string of the molecule is CCCCCCCCc1c(CC)cc(C2=CC(CCCC)=C(c3cc(CC)c(CCCCCCCC)c(CC)c3)[N+]2=[N-])cc1CC. The van der Waals surface area contributed by atoms with Crippen LogP contribution >= 0.6 is 0 Å². The predicted octanol–water partition coefficient (Wildman–Crippen LogP) is 13.7. The Balaban J connectivity index is 1.92. The second-order valence-corrected chi connectivity index (χ2v) is 13.8. The summed E-state index contributed by atoms with van der Waals surface area (Å²) in [5, 5.41) is 0. The Kier molecular flexibility index (Phi) is 17.1. The number of unbranched alkanes of at least 4 members (excludes halogenated alkanes) is 11. The summed E-state index contributed by atoms with van der Waals surface area (Å²) in [6.07, 6.45) is 28.1. The fourth-order valence-corrected chi connectivity index (χ4v) is 7.57. The zero-order valence-electron chi connectivity index (χ0n) is 31.1. The summed E-state index contributed by atoms with van der Waals surface area (Å²) < 4.78 is 1.55. The summed E-state index contributed by atoms with van der Waals surface area (Å²) in [6, 6.07) is 9.59. The van der Waals surface area contributed by atoms with Crippen molar-refractivity contribution in [3.05, 3.63) is 86.0 Å². The predicted molar refractivity (Wildman–Crippen MR) is 203 cm³/mol. The molecule has 2 aromatic carbocycles. The standard InChI is InChI=1S/C44H68N2/c1-8-15-18-20-22-24-27-41-34(11-4)29-39(30-35(41)12-5)43-33-38(26-17-10-3)44(46(43)45)40-31-36(13-6)42(37(14-7)32-40)28-25-23-21-19-16-9-2/h29-33H,8-28H2,1-7H3. The summed E-state index contributed by atoms with van der Waals surface area (Å²) in [4.78, 5) is 0. The number of benzene rings is 2. The molecule has 1 aliphatic heterocycles. The maximum Gasteiger partial charge on any atom is 0.210 e. The number of aryl methyl sites for hydroxylation is 4. The van der Waals surface area contributed by atoms with Gasteiger partial charge in [-0.15, -0.1) is 0 Å². The van der Waals surface area contributed by atoms with Crippen molar-refractivity contribution < 1.29 is 4.70 Å². The largest absolute Gasteiger partial charge is 0.493 e. The van der Waals surface area contributed by atoms with Crippen molar-refractivity contribution >= 4 is 11.4 Å². The van der Waals surface area contributed by atoms with Crippen LogP contribution in [0.5, 0.6) is 0 Å². The molecule has 254 valence electrons. The Morgan fingerprint density at radius 1 is 0.457 bits per heavy atom. The summed E-state index contributed by atoms with van der Waals surface area (Å²) in [7, 11) is 0. The van der Waals surface area contributed by atoms with Crippen LogP contribution in [0.1, 0.15) is 189 Å². The van der Waals surface area contributed by atoms with Crippen LogP contribution in [0.25, 0.3) is 16.9 Å². The van der Waals surface area contributed by atoms with E-state index in [1.807, 2.05) is 0 Å². The van der Waals surface area contributed by atoms with Crippen molar-refractivity contribution in [3.8, 4) is 0 Å². The third-order valence-electron chi connectivity index (χ3n) is 10.4. The van der Waals surface area contributed by atoms with E-state index in [2.05, 4.69) is 78.8 Å². The molecule has 0 unspecified atom stereocenters. The van der Waals surface area contributed by atoms with E-state index in [1.165, 1.54) is 123 Å². The van der Waals surface area contributed by atoms with Gasteiger partial charge in [-0.05, 0) is 122 Å². The van der Waals surface area contributed by atoms with E-state index >= 15 is 0 Å². The van der Waals surface area contributed by atoms with Crippen LogP contribution in [0.15, 0.2) is 35.9 Å². The minimum atomic E-state index is 0.948. The minimum absolute atomic E-state index is 0.948. The van der Waals surface area contributed by atoms with Gasteiger partial charge < -0.3 is 5.53 Å². The van der Waals surface area contributed by atoms with E-state index in [9.17, 15) is 5.53 Å². The Bertz CT molecular complexity index is 1260. The van der Waals surface area contributed by atoms with Gasteiger partial charge in [0.25, 0.3) is 0 Å². The minimum Gasteiger partial charge on any atom is -0.493 e. The molecule has 1 aliphatic rings. The fourth-order valence-electron chi connectivity index (χ4n) is 7.57.